The third-order valence-electron chi connectivity index (χ3n) is 5.36. The molecule has 0 unspecified atom stereocenters. The quantitative estimate of drug-likeness (QED) is 0.592. The fourth-order valence-corrected chi connectivity index (χ4v) is 3.68. The average molecular weight is 429 g/mol. The lowest BCUT2D eigenvalue weighted by Crippen LogP contribution is -2.29. The Labute approximate surface area is 186 Å². The predicted octanol–water partition coefficient (Wildman–Crippen LogP) is 4.63. The summed E-state index contributed by atoms with van der Waals surface area (Å²) >= 11 is 0. The van der Waals surface area contributed by atoms with E-state index >= 15 is 0 Å². The van der Waals surface area contributed by atoms with Gasteiger partial charge in [-0.25, -0.2) is 9.59 Å². The minimum absolute atomic E-state index is 0.0719. The van der Waals surface area contributed by atoms with Gasteiger partial charge >= 0.3 is 12.0 Å². The number of fused-ring (bicyclic) bond motifs is 1. The summed E-state index contributed by atoms with van der Waals surface area (Å²) < 4.78 is 4.76. The molecular formula is C25H23N3O4. The van der Waals surface area contributed by atoms with Crippen LogP contribution in [-0.2, 0) is 11.2 Å². The van der Waals surface area contributed by atoms with Crippen LogP contribution in [0.4, 0.5) is 21.9 Å². The summed E-state index contributed by atoms with van der Waals surface area (Å²) in [5.74, 6) is -0.610. The van der Waals surface area contributed by atoms with E-state index in [2.05, 4.69) is 10.6 Å². The van der Waals surface area contributed by atoms with Crippen molar-refractivity contribution in [3.05, 3.63) is 89.0 Å². The highest BCUT2D eigenvalue weighted by Gasteiger charge is 2.26. The molecule has 0 bridgehead atoms. The highest BCUT2D eigenvalue weighted by Crippen LogP contribution is 2.32. The van der Waals surface area contributed by atoms with Crippen molar-refractivity contribution >= 4 is 35.0 Å². The van der Waals surface area contributed by atoms with Crippen molar-refractivity contribution in [2.45, 2.75) is 13.3 Å². The molecule has 0 saturated heterocycles. The topological polar surface area (TPSA) is 87.7 Å². The van der Waals surface area contributed by atoms with Gasteiger partial charge in [0, 0.05) is 23.5 Å². The summed E-state index contributed by atoms with van der Waals surface area (Å²) in [7, 11) is 1.29. The maximum Gasteiger partial charge on any atom is 0.339 e. The smallest absolute Gasteiger partial charge is 0.339 e. The van der Waals surface area contributed by atoms with E-state index in [-0.39, 0.29) is 11.5 Å². The van der Waals surface area contributed by atoms with Crippen molar-refractivity contribution in [1.29, 1.82) is 0 Å². The molecule has 1 aliphatic heterocycles. The second kappa shape index (κ2) is 8.93. The molecule has 32 heavy (non-hydrogen) atoms. The van der Waals surface area contributed by atoms with Crippen LogP contribution in [0.2, 0.25) is 0 Å². The Bertz CT molecular complexity index is 1190. The molecule has 0 atom stereocenters. The van der Waals surface area contributed by atoms with Gasteiger partial charge < -0.3 is 20.3 Å². The van der Waals surface area contributed by atoms with Crippen molar-refractivity contribution in [2.75, 3.05) is 29.2 Å². The Hall–Kier alpha value is -4.13. The number of carbonyl (C=O) groups is 3. The summed E-state index contributed by atoms with van der Waals surface area (Å²) in [5.41, 5.74) is 4.69. The first-order valence-electron chi connectivity index (χ1n) is 10.2. The number of urea groups is 1. The number of para-hydroxylation sites is 1. The zero-order valence-electron chi connectivity index (χ0n) is 17.8. The average Bonchev–Trinajstić information content (AvgIpc) is 3.22. The molecule has 1 aliphatic rings. The highest BCUT2D eigenvalue weighted by molar-refractivity contribution is 6.08. The van der Waals surface area contributed by atoms with Gasteiger partial charge in [-0.15, -0.1) is 0 Å². The number of amides is 3. The van der Waals surface area contributed by atoms with E-state index in [1.165, 1.54) is 7.11 Å². The number of hydrogen-bond donors (Lipinski definition) is 2. The molecule has 3 aromatic carbocycles. The number of ether oxygens (including phenoxy) is 1. The van der Waals surface area contributed by atoms with Crippen molar-refractivity contribution in [1.82, 2.24) is 0 Å². The minimum atomic E-state index is -0.538. The van der Waals surface area contributed by atoms with E-state index in [1.807, 2.05) is 37.3 Å². The van der Waals surface area contributed by atoms with E-state index in [4.69, 9.17) is 4.74 Å². The zero-order chi connectivity index (χ0) is 22.7. The molecule has 0 fully saturated rings. The summed E-state index contributed by atoms with van der Waals surface area (Å²) in [5, 5.41) is 5.45. The first-order valence-corrected chi connectivity index (χ1v) is 10.2. The Morgan fingerprint density at radius 2 is 1.69 bits per heavy atom. The van der Waals surface area contributed by atoms with Crippen LogP contribution < -0.4 is 15.5 Å². The summed E-state index contributed by atoms with van der Waals surface area (Å²) in [6.07, 6.45) is 0.756. The zero-order valence-corrected chi connectivity index (χ0v) is 17.8. The van der Waals surface area contributed by atoms with Crippen molar-refractivity contribution < 1.29 is 19.1 Å². The van der Waals surface area contributed by atoms with Crippen molar-refractivity contribution in [3.8, 4) is 0 Å². The fourth-order valence-electron chi connectivity index (χ4n) is 3.68. The minimum Gasteiger partial charge on any atom is -0.465 e. The molecular weight excluding hydrogens is 406 g/mol. The lowest BCUT2D eigenvalue weighted by molar-refractivity contribution is 0.0601. The second-order valence-electron chi connectivity index (χ2n) is 7.53. The van der Waals surface area contributed by atoms with Crippen molar-refractivity contribution in [3.63, 3.8) is 0 Å². The van der Waals surface area contributed by atoms with E-state index < -0.39 is 12.0 Å². The van der Waals surface area contributed by atoms with Crippen LogP contribution in [-0.4, -0.2) is 31.6 Å². The van der Waals surface area contributed by atoms with Crippen LogP contribution in [0, 0.1) is 6.92 Å². The Kier molecular flexibility index (Phi) is 5.89. The molecule has 7 heteroatoms. The SMILES string of the molecule is COC(=O)c1ccccc1NC(=O)Nc1ccc2c(c1)N(C(=O)c1ccc(C)cc1)CC2. The Morgan fingerprint density at radius 3 is 2.44 bits per heavy atom. The van der Waals surface area contributed by atoms with Gasteiger partial charge in [-0.2, -0.15) is 0 Å². The highest BCUT2D eigenvalue weighted by atomic mass is 16.5. The van der Waals surface area contributed by atoms with Crippen LogP contribution in [0.1, 0.15) is 31.8 Å². The molecule has 4 rings (SSSR count). The first kappa shape index (κ1) is 21.1. The van der Waals surface area contributed by atoms with Gasteiger partial charge in [0.05, 0.1) is 18.4 Å². The fraction of sp³-hybridized carbons (Fsp3) is 0.160. The number of benzene rings is 3. The van der Waals surface area contributed by atoms with Crippen LogP contribution in [0.5, 0.6) is 0 Å². The monoisotopic (exact) mass is 429 g/mol. The molecule has 7 nitrogen and oxygen atoms in total. The van der Waals surface area contributed by atoms with Gasteiger partial charge in [0.15, 0.2) is 0 Å². The molecule has 3 amide bonds. The number of rotatable bonds is 4. The summed E-state index contributed by atoms with van der Waals surface area (Å²) in [6, 6.07) is 19.1. The van der Waals surface area contributed by atoms with E-state index in [0.29, 0.717) is 23.5 Å². The largest absolute Gasteiger partial charge is 0.465 e. The van der Waals surface area contributed by atoms with E-state index in [9.17, 15) is 14.4 Å². The number of carbonyl (C=O) groups excluding carboxylic acids is 3. The van der Waals surface area contributed by atoms with Gasteiger partial charge in [-0.3, -0.25) is 4.79 Å². The molecule has 0 spiro atoms. The molecule has 0 radical (unpaired) electrons. The Balaban J connectivity index is 1.51. The lowest BCUT2D eigenvalue weighted by Gasteiger charge is -2.18. The van der Waals surface area contributed by atoms with Crippen LogP contribution >= 0.6 is 0 Å². The van der Waals surface area contributed by atoms with E-state index in [1.54, 1.807) is 41.3 Å². The molecule has 0 saturated carbocycles. The van der Waals surface area contributed by atoms with Gasteiger partial charge in [0.25, 0.3) is 5.91 Å². The number of hydrogen-bond acceptors (Lipinski definition) is 4. The van der Waals surface area contributed by atoms with Gasteiger partial charge in [0.1, 0.15) is 0 Å². The third kappa shape index (κ3) is 4.32. The molecule has 3 aromatic rings. The number of nitrogens with zero attached hydrogens (tertiary/aromatic N) is 1. The number of methoxy groups -OCH3 is 1. The molecule has 0 aliphatic carbocycles. The maximum absolute atomic E-state index is 13.0. The van der Waals surface area contributed by atoms with Gasteiger partial charge in [0.2, 0.25) is 0 Å². The summed E-state index contributed by atoms with van der Waals surface area (Å²) in [6.45, 7) is 2.57. The summed E-state index contributed by atoms with van der Waals surface area (Å²) in [4.78, 5) is 39.2. The molecule has 2 N–H and O–H groups in total. The standard InChI is InChI=1S/C25H23N3O4/c1-16-7-9-18(10-8-16)23(29)28-14-13-17-11-12-19(15-22(17)28)26-25(31)27-21-6-4-3-5-20(21)24(30)32-2/h3-12,15H,13-14H2,1-2H3,(H2,26,27,31). The first-order chi connectivity index (χ1) is 15.5. The lowest BCUT2D eigenvalue weighted by atomic mass is 10.1. The van der Waals surface area contributed by atoms with Crippen LogP contribution in [0.25, 0.3) is 0 Å². The second-order valence-corrected chi connectivity index (χ2v) is 7.53. The molecule has 162 valence electrons. The normalized spacial score (nSPS) is 12.1. The predicted molar refractivity (Wildman–Crippen MR) is 123 cm³/mol. The van der Waals surface area contributed by atoms with Crippen LogP contribution in [0.3, 0.4) is 0 Å². The number of esters is 1. The Morgan fingerprint density at radius 1 is 0.938 bits per heavy atom. The number of aryl methyl sites for hydroxylation is 1. The molecule has 0 aromatic heterocycles. The van der Waals surface area contributed by atoms with Gasteiger partial charge in [-0.05, 0) is 55.3 Å². The number of nitrogens with one attached hydrogen (secondary N) is 2. The van der Waals surface area contributed by atoms with E-state index in [0.717, 1.165) is 23.2 Å². The number of anilines is 3. The van der Waals surface area contributed by atoms with Crippen LogP contribution in [0.15, 0.2) is 66.7 Å². The van der Waals surface area contributed by atoms with Gasteiger partial charge in [-0.1, -0.05) is 35.9 Å². The molecule has 1 heterocycles. The maximum atomic E-state index is 13.0. The van der Waals surface area contributed by atoms with Crippen molar-refractivity contribution in [2.24, 2.45) is 0 Å². The third-order valence-corrected chi connectivity index (χ3v) is 5.36.